The number of ether oxygens (including phenoxy) is 2. The largest absolute Gasteiger partial charge is 0.492 e. The van der Waals surface area contributed by atoms with Crippen molar-refractivity contribution in [2.45, 2.75) is 19.9 Å². The van der Waals surface area contributed by atoms with E-state index in [0.29, 0.717) is 19.1 Å². The molecule has 1 aromatic carbocycles. The van der Waals surface area contributed by atoms with Crippen molar-refractivity contribution >= 4 is 31.9 Å². The summed E-state index contributed by atoms with van der Waals surface area (Å²) in [6, 6.07) is 9.73. The molecule has 0 bridgehead atoms. The van der Waals surface area contributed by atoms with E-state index in [4.69, 9.17) is 9.47 Å². The lowest BCUT2D eigenvalue weighted by molar-refractivity contribution is 0.296. The number of aromatic nitrogens is 1. The van der Waals surface area contributed by atoms with Crippen molar-refractivity contribution in [3.8, 4) is 11.6 Å². The third-order valence-electron chi connectivity index (χ3n) is 3.08. The van der Waals surface area contributed by atoms with Gasteiger partial charge in [-0.15, -0.1) is 0 Å². The van der Waals surface area contributed by atoms with E-state index in [1.54, 1.807) is 6.20 Å². The summed E-state index contributed by atoms with van der Waals surface area (Å²) in [4.78, 5) is 4.13. The van der Waals surface area contributed by atoms with Gasteiger partial charge < -0.3 is 14.8 Å². The summed E-state index contributed by atoms with van der Waals surface area (Å²) in [6.07, 6.45) is 2.64. The van der Waals surface area contributed by atoms with E-state index in [1.807, 2.05) is 31.2 Å². The fourth-order valence-electron chi connectivity index (χ4n) is 2.08. The fraction of sp³-hybridized carbons (Fsp3) is 0.353. The average molecular weight is 444 g/mol. The molecule has 0 amide bonds. The van der Waals surface area contributed by atoms with Crippen LogP contribution in [0.5, 0.6) is 11.6 Å². The third kappa shape index (κ3) is 6.12. The number of nitrogens with one attached hydrogen (secondary N) is 1. The zero-order valence-electron chi connectivity index (χ0n) is 13.0. The van der Waals surface area contributed by atoms with Gasteiger partial charge in [0.05, 0.1) is 17.7 Å². The molecule has 0 aliphatic carbocycles. The van der Waals surface area contributed by atoms with Gasteiger partial charge in [0.15, 0.2) is 0 Å². The molecular formula is C17H20Br2N2O2. The SMILES string of the molecule is CCOc1c(Br)cc(Br)cc1CNCCCOc1ccccn1. The zero-order chi connectivity index (χ0) is 16.5. The highest BCUT2D eigenvalue weighted by Gasteiger charge is 2.09. The van der Waals surface area contributed by atoms with Crippen molar-refractivity contribution in [2.24, 2.45) is 0 Å². The highest BCUT2D eigenvalue weighted by Crippen LogP contribution is 2.32. The van der Waals surface area contributed by atoms with Crippen LogP contribution in [0.2, 0.25) is 0 Å². The third-order valence-corrected chi connectivity index (χ3v) is 4.12. The van der Waals surface area contributed by atoms with Gasteiger partial charge in [0, 0.05) is 28.8 Å². The van der Waals surface area contributed by atoms with Crippen LogP contribution < -0.4 is 14.8 Å². The first kappa shape index (κ1) is 18.2. The van der Waals surface area contributed by atoms with E-state index in [9.17, 15) is 0 Å². The molecule has 1 heterocycles. The Bertz CT molecular complexity index is 609. The molecule has 0 atom stereocenters. The van der Waals surface area contributed by atoms with Gasteiger partial charge in [-0.25, -0.2) is 4.98 Å². The van der Waals surface area contributed by atoms with Crippen LogP contribution >= 0.6 is 31.9 Å². The Morgan fingerprint density at radius 3 is 2.78 bits per heavy atom. The van der Waals surface area contributed by atoms with E-state index in [-0.39, 0.29) is 0 Å². The molecule has 2 rings (SSSR count). The predicted octanol–water partition coefficient (Wildman–Crippen LogP) is 4.56. The van der Waals surface area contributed by atoms with Crippen LogP contribution in [0.1, 0.15) is 18.9 Å². The maximum atomic E-state index is 5.72. The average Bonchev–Trinajstić information content (AvgIpc) is 2.54. The highest BCUT2D eigenvalue weighted by atomic mass is 79.9. The molecule has 4 nitrogen and oxygen atoms in total. The number of benzene rings is 1. The lowest BCUT2D eigenvalue weighted by Crippen LogP contribution is -2.18. The molecule has 0 aliphatic rings. The molecule has 0 saturated heterocycles. The summed E-state index contributed by atoms with van der Waals surface area (Å²) in [6.45, 7) is 4.88. The summed E-state index contributed by atoms with van der Waals surface area (Å²) < 4.78 is 13.3. The van der Waals surface area contributed by atoms with E-state index < -0.39 is 0 Å². The summed E-state index contributed by atoms with van der Waals surface area (Å²) in [5, 5.41) is 3.42. The van der Waals surface area contributed by atoms with Crippen LogP contribution in [0.15, 0.2) is 45.5 Å². The zero-order valence-corrected chi connectivity index (χ0v) is 16.2. The first-order valence-corrected chi connectivity index (χ1v) is 9.14. The Balaban J connectivity index is 1.75. The summed E-state index contributed by atoms with van der Waals surface area (Å²) in [5.41, 5.74) is 1.12. The van der Waals surface area contributed by atoms with Crippen molar-refractivity contribution in [2.75, 3.05) is 19.8 Å². The second-order valence-electron chi connectivity index (χ2n) is 4.86. The minimum atomic E-state index is 0.643. The molecule has 0 aliphatic heterocycles. The molecule has 0 unspecified atom stereocenters. The van der Waals surface area contributed by atoms with Crippen molar-refractivity contribution in [1.82, 2.24) is 10.3 Å². The van der Waals surface area contributed by atoms with E-state index >= 15 is 0 Å². The standard InChI is InChI=1S/C17H20Br2N2O2/c1-2-22-17-13(10-14(18)11-15(17)19)12-20-7-5-9-23-16-6-3-4-8-21-16/h3-4,6,8,10-11,20H,2,5,7,9,12H2,1H3. The fourth-order valence-corrected chi connectivity index (χ4v) is 3.51. The molecule has 0 fully saturated rings. The lowest BCUT2D eigenvalue weighted by Gasteiger charge is -2.14. The van der Waals surface area contributed by atoms with Crippen LogP contribution in [-0.4, -0.2) is 24.7 Å². The molecule has 6 heteroatoms. The number of hydrogen-bond donors (Lipinski definition) is 1. The number of pyridine rings is 1. The Hall–Kier alpha value is -1.11. The van der Waals surface area contributed by atoms with Gasteiger partial charge in [0.2, 0.25) is 5.88 Å². The second-order valence-corrected chi connectivity index (χ2v) is 6.63. The molecular weight excluding hydrogens is 424 g/mol. The predicted molar refractivity (Wildman–Crippen MR) is 99.1 cm³/mol. The first-order valence-electron chi connectivity index (χ1n) is 7.56. The van der Waals surface area contributed by atoms with Crippen molar-refractivity contribution in [3.63, 3.8) is 0 Å². The Labute approximate surface area is 153 Å². The van der Waals surface area contributed by atoms with Crippen molar-refractivity contribution in [1.29, 1.82) is 0 Å². The second kappa shape index (κ2) is 9.90. The van der Waals surface area contributed by atoms with Gasteiger partial charge in [0.25, 0.3) is 0 Å². The number of hydrogen-bond acceptors (Lipinski definition) is 4. The monoisotopic (exact) mass is 442 g/mol. The molecule has 0 saturated carbocycles. The van der Waals surface area contributed by atoms with Gasteiger partial charge in [-0.3, -0.25) is 0 Å². The van der Waals surface area contributed by atoms with Crippen LogP contribution in [0, 0.1) is 0 Å². The molecule has 124 valence electrons. The molecule has 1 N–H and O–H groups in total. The highest BCUT2D eigenvalue weighted by molar-refractivity contribution is 9.11. The molecule has 2 aromatic rings. The minimum absolute atomic E-state index is 0.643. The van der Waals surface area contributed by atoms with Crippen LogP contribution in [0.4, 0.5) is 0 Å². The Morgan fingerprint density at radius 1 is 1.17 bits per heavy atom. The normalized spacial score (nSPS) is 10.6. The van der Waals surface area contributed by atoms with Crippen LogP contribution in [0.25, 0.3) is 0 Å². The summed E-state index contributed by atoms with van der Waals surface area (Å²) in [5.74, 6) is 1.56. The van der Waals surface area contributed by atoms with Crippen molar-refractivity contribution < 1.29 is 9.47 Å². The topological polar surface area (TPSA) is 43.4 Å². The molecule has 0 spiro atoms. The number of halogens is 2. The van der Waals surface area contributed by atoms with E-state index in [0.717, 1.165) is 39.8 Å². The van der Waals surface area contributed by atoms with E-state index in [2.05, 4.69) is 48.2 Å². The summed E-state index contributed by atoms with van der Waals surface area (Å²) >= 11 is 7.07. The number of nitrogens with zero attached hydrogens (tertiary/aromatic N) is 1. The van der Waals surface area contributed by atoms with Gasteiger partial charge >= 0.3 is 0 Å². The van der Waals surface area contributed by atoms with Gasteiger partial charge in [-0.2, -0.15) is 0 Å². The Morgan fingerprint density at radius 2 is 2.04 bits per heavy atom. The quantitative estimate of drug-likeness (QED) is 0.576. The molecule has 23 heavy (non-hydrogen) atoms. The number of rotatable bonds is 9. The van der Waals surface area contributed by atoms with Crippen molar-refractivity contribution in [3.05, 3.63) is 51.0 Å². The maximum absolute atomic E-state index is 5.72. The van der Waals surface area contributed by atoms with Crippen LogP contribution in [0.3, 0.4) is 0 Å². The molecule has 0 radical (unpaired) electrons. The van der Waals surface area contributed by atoms with Crippen LogP contribution in [-0.2, 0) is 6.54 Å². The van der Waals surface area contributed by atoms with Gasteiger partial charge in [-0.05, 0) is 54.0 Å². The first-order chi connectivity index (χ1) is 11.2. The van der Waals surface area contributed by atoms with Gasteiger partial charge in [0.1, 0.15) is 5.75 Å². The summed E-state index contributed by atoms with van der Waals surface area (Å²) in [7, 11) is 0. The van der Waals surface area contributed by atoms with Gasteiger partial charge in [-0.1, -0.05) is 22.0 Å². The smallest absolute Gasteiger partial charge is 0.213 e. The molecule has 1 aromatic heterocycles. The lowest BCUT2D eigenvalue weighted by atomic mass is 10.2. The maximum Gasteiger partial charge on any atom is 0.213 e. The minimum Gasteiger partial charge on any atom is -0.492 e. The van der Waals surface area contributed by atoms with E-state index in [1.165, 1.54) is 0 Å². The Kier molecular flexibility index (Phi) is 7.85.